The molecule has 124 valence electrons. The lowest BCUT2D eigenvalue weighted by Crippen LogP contribution is -2.57. The summed E-state index contributed by atoms with van der Waals surface area (Å²) in [6, 6.07) is 15.9. The van der Waals surface area contributed by atoms with Crippen LogP contribution in [0.3, 0.4) is 0 Å². The highest BCUT2D eigenvalue weighted by Crippen LogP contribution is 2.36. The van der Waals surface area contributed by atoms with Crippen LogP contribution in [0.2, 0.25) is 0 Å². The van der Waals surface area contributed by atoms with Crippen molar-refractivity contribution >= 4 is 5.91 Å². The molecular formula is C20H21NO3. The van der Waals surface area contributed by atoms with Gasteiger partial charge in [0, 0.05) is 0 Å². The Kier molecular flexibility index (Phi) is 3.89. The monoisotopic (exact) mass is 323 g/mol. The average Bonchev–Trinajstić information content (AvgIpc) is 3.01. The zero-order chi connectivity index (χ0) is 16.5. The van der Waals surface area contributed by atoms with Crippen LogP contribution in [-0.2, 0) is 11.2 Å². The SMILES string of the molecule is COc1ccccc1OC1CN(C(=O)[C@H]2CCc3ccccc32)C1. The molecule has 0 spiro atoms. The number of nitrogens with zero attached hydrogens (tertiary/aromatic N) is 1. The van der Waals surface area contributed by atoms with Gasteiger partial charge in [-0.05, 0) is 36.1 Å². The highest BCUT2D eigenvalue weighted by molar-refractivity contribution is 5.85. The van der Waals surface area contributed by atoms with E-state index in [0.29, 0.717) is 13.1 Å². The summed E-state index contributed by atoms with van der Waals surface area (Å²) in [6.07, 6.45) is 1.97. The second-order valence-corrected chi connectivity index (χ2v) is 6.42. The number of carbonyl (C=O) groups excluding carboxylic acids is 1. The molecule has 2 aliphatic rings. The third-order valence-corrected chi connectivity index (χ3v) is 4.95. The van der Waals surface area contributed by atoms with Crippen molar-refractivity contribution in [1.29, 1.82) is 0 Å². The average molecular weight is 323 g/mol. The second kappa shape index (κ2) is 6.19. The summed E-state index contributed by atoms with van der Waals surface area (Å²) in [4.78, 5) is 14.7. The molecule has 1 aliphatic heterocycles. The Morgan fingerprint density at radius 3 is 2.54 bits per heavy atom. The van der Waals surface area contributed by atoms with Gasteiger partial charge in [-0.15, -0.1) is 0 Å². The van der Waals surface area contributed by atoms with Crippen molar-refractivity contribution in [3.63, 3.8) is 0 Å². The fourth-order valence-corrected chi connectivity index (χ4v) is 3.62. The molecule has 4 nitrogen and oxygen atoms in total. The fraction of sp³-hybridized carbons (Fsp3) is 0.350. The molecule has 1 aliphatic carbocycles. The molecule has 0 aromatic heterocycles. The van der Waals surface area contributed by atoms with Gasteiger partial charge in [0.2, 0.25) is 5.91 Å². The van der Waals surface area contributed by atoms with Crippen molar-refractivity contribution < 1.29 is 14.3 Å². The number of para-hydroxylation sites is 2. The maximum atomic E-state index is 12.8. The minimum atomic E-state index is 0.0217. The van der Waals surface area contributed by atoms with E-state index >= 15 is 0 Å². The van der Waals surface area contributed by atoms with E-state index in [4.69, 9.17) is 9.47 Å². The zero-order valence-electron chi connectivity index (χ0n) is 13.8. The van der Waals surface area contributed by atoms with Gasteiger partial charge < -0.3 is 14.4 Å². The third-order valence-electron chi connectivity index (χ3n) is 4.95. The second-order valence-electron chi connectivity index (χ2n) is 6.42. The number of ether oxygens (including phenoxy) is 2. The van der Waals surface area contributed by atoms with Crippen molar-refractivity contribution in [3.8, 4) is 11.5 Å². The summed E-state index contributed by atoms with van der Waals surface area (Å²) in [6.45, 7) is 1.30. The Bertz CT molecular complexity index is 752. The number of carbonyl (C=O) groups is 1. The molecule has 0 N–H and O–H groups in total. The number of aryl methyl sites for hydroxylation is 1. The maximum absolute atomic E-state index is 12.8. The Balaban J connectivity index is 1.37. The molecule has 1 fully saturated rings. The molecule has 0 saturated carbocycles. The molecule has 4 heteroatoms. The lowest BCUT2D eigenvalue weighted by atomic mass is 9.97. The van der Waals surface area contributed by atoms with Crippen LogP contribution >= 0.6 is 0 Å². The molecular weight excluding hydrogens is 302 g/mol. The van der Waals surface area contributed by atoms with Gasteiger partial charge in [0.15, 0.2) is 11.5 Å². The van der Waals surface area contributed by atoms with E-state index in [0.717, 1.165) is 24.3 Å². The molecule has 1 atom stereocenters. The number of likely N-dealkylation sites (tertiary alicyclic amines) is 1. The zero-order valence-corrected chi connectivity index (χ0v) is 13.8. The van der Waals surface area contributed by atoms with E-state index in [9.17, 15) is 4.79 Å². The van der Waals surface area contributed by atoms with E-state index in [1.54, 1.807) is 7.11 Å². The van der Waals surface area contributed by atoms with Gasteiger partial charge in [-0.3, -0.25) is 4.79 Å². The number of methoxy groups -OCH3 is 1. The van der Waals surface area contributed by atoms with Crippen LogP contribution in [0.15, 0.2) is 48.5 Å². The molecule has 1 saturated heterocycles. The summed E-state index contributed by atoms with van der Waals surface area (Å²) >= 11 is 0. The number of hydrogen-bond acceptors (Lipinski definition) is 3. The largest absolute Gasteiger partial charge is 0.493 e. The molecule has 0 unspecified atom stereocenters. The lowest BCUT2D eigenvalue weighted by molar-refractivity contribution is -0.141. The van der Waals surface area contributed by atoms with Gasteiger partial charge in [0.1, 0.15) is 6.10 Å². The quantitative estimate of drug-likeness (QED) is 0.868. The highest BCUT2D eigenvalue weighted by atomic mass is 16.5. The maximum Gasteiger partial charge on any atom is 0.230 e. The van der Waals surface area contributed by atoms with Gasteiger partial charge in [-0.2, -0.15) is 0 Å². The summed E-state index contributed by atoms with van der Waals surface area (Å²) in [5, 5.41) is 0. The van der Waals surface area contributed by atoms with Crippen LogP contribution in [0.1, 0.15) is 23.5 Å². The van der Waals surface area contributed by atoms with Crippen molar-refractivity contribution in [1.82, 2.24) is 4.90 Å². The first-order valence-corrected chi connectivity index (χ1v) is 8.42. The first-order chi connectivity index (χ1) is 11.8. The Labute approximate surface area is 142 Å². The third kappa shape index (κ3) is 2.62. The van der Waals surface area contributed by atoms with Crippen molar-refractivity contribution in [3.05, 3.63) is 59.7 Å². The summed E-state index contributed by atoms with van der Waals surface area (Å²) in [5.74, 6) is 1.73. The summed E-state index contributed by atoms with van der Waals surface area (Å²) < 4.78 is 11.3. The minimum Gasteiger partial charge on any atom is -0.493 e. The van der Waals surface area contributed by atoms with Crippen LogP contribution in [0, 0.1) is 0 Å². The molecule has 0 bridgehead atoms. The lowest BCUT2D eigenvalue weighted by Gasteiger charge is -2.40. The van der Waals surface area contributed by atoms with Crippen LogP contribution in [0.4, 0.5) is 0 Å². The highest BCUT2D eigenvalue weighted by Gasteiger charge is 2.38. The number of fused-ring (bicyclic) bond motifs is 1. The van der Waals surface area contributed by atoms with Gasteiger partial charge >= 0.3 is 0 Å². The number of rotatable bonds is 4. The first-order valence-electron chi connectivity index (χ1n) is 8.42. The number of benzene rings is 2. The van der Waals surface area contributed by atoms with Crippen molar-refractivity contribution in [2.45, 2.75) is 24.9 Å². The van der Waals surface area contributed by atoms with E-state index in [-0.39, 0.29) is 17.9 Å². The predicted octanol–water partition coefficient (Wildman–Crippen LogP) is 3.01. The molecule has 24 heavy (non-hydrogen) atoms. The van der Waals surface area contributed by atoms with Gasteiger partial charge in [0.25, 0.3) is 0 Å². The molecule has 2 aromatic carbocycles. The minimum absolute atomic E-state index is 0.0217. The number of hydrogen-bond donors (Lipinski definition) is 0. The Morgan fingerprint density at radius 2 is 1.75 bits per heavy atom. The smallest absolute Gasteiger partial charge is 0.230 e. The number of amides is 1. The molecule has 2 aromatic rings. The Morgan fingerprint density at radius 1 is 1.04 bits per heavy atom. The van der Waals surface area contributed by atoms with Crippen LogP contribution in [-0.4, -0.2) is 37.1 Å². The molecule has 4 rings (SSSR count). The predicted molar refractivity (Wildman–Crippen MR) is 91.5 cm³/mol. The van der Waals surface area contributed by atoms with Crippen molar-refractivity contribution in [2.24, 2.45) is 0 Å². The van der Waals surface area contributed by atoms with E-state index < -0.39 is 0 Å². The van der Waals surface area contributed by atoms with E-state index in [2.05, 4.69) is 12.1 Å². The van der Waals surface area contributed by atoms with Crippen molar-refractivity contribution in [2.75, 3.05) is 20.2 Å². The van der Waals surface area contributed by atoms with Gasteiger partial charge in [0.05, 0.1) is 26.1 Å². The van der Waals surface area contributed by atoms with Crippen LogP contribution in [0.25, 0.3) is 0 Å². The summed E-state index contributed by atoms with van der Waals surface area (Å²) in [5.41, 5.74) is 2.52. The van der Waals surface area contributed by atoms with Crippen LogP contribution < -0.4 is 9.47 Å². The van der Waals surface area contributed by atoms with E-state index in [1.807, 2.05) is 41.3 Å². The van der Waals surface area contributed by atoms with Gasteiger partial charge in [-0.1, -0.05) is 36.4 Å². The van der Waals surface area contributed by atoms with Crippen LogP contribution in [0.5, 0.6) is 11.5 Å². The van der Waals surface area contributed by atoms with Gasteiger partial charge in [-0.25, -0.2) is 0 Å². The molecule has 1 amide bonds. The fourth-order valence-electron chi connectivity index (χ4n) is 3.62. The first kappa shape index (κ1) is 15.1. The normalized spacial score (nSPS) is 19.5. The Hall–Kier alpha value is -2.49. The topological polar surface area (TPSA) is 38.8 Å². The molecule has 0 radical (unpaired) electrons. The van der Waals surface area contributed by atoms with E-state index in [1.165, 1.54) is 11.1 Å². The molecule has 1 heterocycles. The standard InChI is InChI=1S/C20H21NO3/c1-23-18-8-4-5-9-19(18)24-15-12-21(13-15)20(22)17-11-10-14-6-2-3-7-16(14)17/h2-9,15,17H,10-13H2,1H3/t17-/m0/s1. The summed E-state index contributed by atoms with van der Waals surface area (Å²) in [7, 11) is 1.64.